The molecule has 3 nitrogen and oxygen atoms in total. The zero-order valence-corrected chi connectivity index (χ0v) is 17.2. The van der Waals surface area contributed by atoms with E-state index in [0.717, 1.165) is 36.8 Å². The van der Waals surface area contributed by atoms with E-state index in [1.165, 1.54) is 51.4 Å². The number of fused-ring (bicyclic) bond motifs is 1. The van der Waals surface area contributed by atoms with Crippen LogP contribution < -0.4 is 0 Å². The van der Waals surface area contributed by atoms with Crippen LogP contribution in [0.5, 0.6) is 0 Å². The lowest BCUT2D eigenvalue weighted by atomic mass is 9.91. The molecule has 1 aliphatic rings. The van der Waals surface area contributed by atoms with E-state index >= 15 is 0 Å². The SMILES string of the molecule is CCCCCCCCCCCCOS(=O)(=O)C1CCCc2ccccc21. The van der Waals surface area contributed by atoms with Gasteiger partial charge in [0.25, 0.3) is 10.1 Å². The van der Waals surface area contributed by atoms with Gasteiger partial charge < -0.3 is 0 Å². The quantitative estimate of drug-likeness (QED) is 0.296. The summed E-state index contributed by atoms with van der Waals surface area (Å²) in [5.41, 5.74) is 2.11. The van der Waals surface area contributed by atoms with E-state index in [1.54, 1.807) is 0 Å². The summed E-state index contributed by atoms with van der Waals surface area (Å²) >= 11 is 0. The summed E-state index contributed by atoms with van der Waals surface area (Å²) in [6.07, 6.45) is 14.9. The molecule has 0 fully saturated rings. The first-order valence-electron chi connectivity index (χ1n) is 10.6. The monoisotopic (exact) mass is 380 g/mol. The van der Waals surface area contributed by atoms with Crippen LogP contribution in [-0.2, 0) is 20.7 Å². The Labute approximate surface area is 160 Å². The number of rotatable bonds is 13. The first-order valence-corrected chi connectivity index (χ1v) is 12.1. The van der Waals surface area contributed by atoms with Gasteiger partial charge in [0.15, 0.2) is 0 Å². The van der Waals surface area contributed by atoms with Crippen molar-refractivity contribution in [2.45, 2.75) is 95.6 Å². The molecule has 0 spiro atoms. The number of unbranched alkanes of at least 4 members (excludes halogenated alkanes) is 9. The van der Waals surface area contributed by atoms with Gasteiger partial charge in [-0.3, -0.25) is 4.18 Å². The smallest absolute Gasteiger partial charge is 0.270 e. The molecule has 1 aromatic rings. The molecule has 0 radical (unpaired) electrons. The summed E-state index contributed by atoms with van der Waals surface area (Å²) in [6, 6.07) is 7.90. The molecule has 0 aromatic heterocycles. The van der Waals surface area contributed by atoms with E-state index in [9.17, 15) is 8.42 Å². The van der Waals surface area contributed by atoms with Crippen LogP contribution >= 0.6 is 0 Å². The summed E-state index contributed by atoms with van der Waals surface area (Å²) in [5.74, 6) is 0. The molecule has 0 bridgehead atoms. The van der Waals surface area contributed by atoms with Crippen molar-refractivity contribution in [3.8, 4) is 0 Å². The number of hydrogen-bond acceptors (Lipinski definition) is 3. The summed E-state index contributed by atoms with van der Waals surface area (Å²) in [4.78, 5) is 0. The van der Waals surface area contributed by atoms with Crippen LogP contribution in [0.2, 0.25) is 0 Å². The number of benzene rings is 1. The largest absolute Gasteiger partial charge is 0.274 e. The Hall–Kier alpha value is -0.870. The van der Waals surface area contributed by atoms with Gasteiger partial charge in [-0.25, -0.2) is 0 Å². The minimum Gasteiger partial charge on any atom is -0.270 e. The second kappa shape index (κ2) is 11.8. The molecule has 1 aromatic carbocycles. The molecule has 2 rings (SSSR count). The number of hydrogen-bond donors (Lipinski definition) is 0. The maximum Gasteiger partial charge on any atom is 0.274 e. The third-order valence-electron chi connectivity index (χ3n) is 5.41. The van der Waals surface area contributed by atoms with E-state index in [1.807, 2.05) is 24.3 Å². The third-order valence-corrected chi connectivity index (χ3v) is 7.09. The van der Waals surface area contributed by atoms with Crippen LogP contribution in [0.25, 0.3) is 0 Å². The van der Waals surface area contributed by atoms with Gasteiger partial charge in [0.2, 0.25) is 0 Å². The van der Waals surface area contributed by atoms with E-state index < -0.39 is 15.4 Å². The van der Waals surface area contributed by atoms with Crippen LogP contribution in [0.4, 0.5) is 0 Å². The number of aryl methyl sites for hydroxylation is 1. The van der Waals surface area contributed by atoms with Gasteiger partial charge in [0, 0.05) is 0 Å². The summed E-state index contributed by atoms with van der Waals surface area (Å²) in [5, 5.41) is -0.476. The van der Waals surface area contributed by atoms with Gasteiger partial charge in [-0.2, -0.15) is 8.42 Å². The Morgan fingerprint density at radius 2 is 1.54 bits per heavy atom. The fourth-order valence-corrected chi connectivity index (χ4v) is 5.37. The highest BCUT2D eigenvalue weighted by Gasteiger charge is 2.32. The maximum absolute atomic E-state index is 12.6. The maximum atomic E-state index is 12.6. The standard InChI is InChI=1S/C22H36O3S/c1-2-3-4-5-6-7-8-9-10-13-19-25-26(23,24)22-18-14-16-20-15-11-12-17-21(20)22/h11-12,15,17,22H,2-10,13-14,16,18-19H2,1H3. The van der Waals surface area contributed by atoms with E-state index in [4.69, 9.17) is 4.18 Å². The highest BCUT2D eigenvalue weighted by atomic mass is 32.2. The van der Waals surface area contributed by atoms with Crippen LogP contribution in [0.3, 0.4) is 0 Å². The van der Waals surface area contributed by atoms with Crippen LogP contribution in [-0.4, -0.2) is 15.0 Å². The van der Waals surface area contributed by atoms with Gasteiger partial charge in [-0.05, 0) is 36.8 Å². The first-order chi connectivity index (χ1) is 12.6. The fourth-order valence-electron chi connectivity index (χ4n) is 3.86. The van der Waals surface area contributed by atoms with Crippen molar-refractivity contribution in [3.63, 3.8) is 0 Å². The Bertz CT molecular complexity index is 610. The second-order valence-corrected chi connectivity index (χ2v) is 9.37. The highest BCUT2D eigenvalue weighted by molar-refractivity contribution is 7.87. The van der Waals surface area contributed by atoms with Gasteiger partial charge in [-0.15, -0.1) is 0 Å². The van der Waals surface area contributed by atoms with E-state index in [-0.39, 0.29) is 0 Å². The molecule has 26 heavy (non-hydrogen) atoms. The summed E-state index contributed by atoms with van der Waals surface area (Å²) < 4.78 is 30.5. The van der Waals surface area contributed by atoms with Gasteiger partial charge >= 0.3 is 0 Å². The van der Waals surface area contributed by atoms with Crippen LogP contribution in [0.1, 0.15) is 100 Å². The van der Waals surface area contributed by atoms with Crippen molar-refractivity contribution in [1.82, 2.24) is 0 Å². The molecule has 148 valence electrons. The van der Waals surface area contributed by atoms with Crippen molar-refractivity contribution in [2.75, 3.05) is 6.61 Å². The normalized spacial score (nSPS) is 17.2. The molecule has 0 amide bonds. The van der Waals surface area contributed by atoms with Crippen molar-refractivity contribution in [3.05, 3.63) is 35.4 Å². The average Bonchev–Trinajstić information content (AvgIpc) is 2.65. The predicted octanol–water partition coefficient (Wildman–Crippen LogP) is 6.33. The average molecular weight is 381 g/mol. The molecule has 0 saturated heterocycles. The molecular formula is C22H36O3S. The molecule has 1 unspecified atom stereocenters. The molecule has 4 heteroatoms. The van der Waals surface area contributed by atoms with Gasteiger partial charge in [0.1, 0.15) is 5.25 Å². The zero-order valence-electron chi connectivity index (χ0n) is 16.4. The predicted molar refractivity (Wildman–Crippen MR) is 109 cm³/mol. The van der Waals surface area contributed by atoms with Crippen molar-refractivity contribution >= 4 is 10.1 Å². The highest BCUT2D eigenvalue weighted by Crippen LogP contribution is 2.36. The third kappa shape index (κ3) is 7.03. The van der Waals surface area contributed by atoms with E-state index in [0.29, 0.717) is 13.0 Å². The molecule has 0 aliphatic heterocycles. The Morgan fingerprint density at radius 1 is 0.923 bits per heavy atom. The van der Waals surface area contributed by atoms with Crippen LogP contribution in [0, 0.1) is 0 Å². The Morgan fingerprint density at radius 3 is 2.23 bits per heavy atom. The van der Waals surface area contributed by atoms with Gasteiger partial charge in [0.05, 0.1) is 6.61 Å². The van der Waals surface area contributed by atoms with Crippen molar-refractivity contribution in [2.24, 2.45) is 0 Å². The molecule has 0 N–H and O–H groups in total. The lowest BCUT2D eigenvalue weighted by Gasteiger charge is -2.24. The molecule has 0 heterocycles. The van der Waals surface area contributed by atoms with E-state index in [2.05, 4.69) is 6.92 Å². The molecular weight excluding hydrogens is 344 g/mol. The topological polar surface area (TPSA) is 43.4 Å². The minimum atomic E-state index is -3.51. The Balaban J connectivity index is 1.61. The van der Waals surface area contributed by atoms with Crippen molar-refractivity contribution in [1.29, 1.82) is 0 Å². The lowest BCUT2D eigenvalue weighted by Crippen LogP contribution is -2.21. The molecule has 1 atom stereocenters. The summed E-state index contributed by atoms with van der Waals surface area (Å²) in [6.45, 7) is 2.58. The summed E-state index contributed by atoms with van der Waals surface area (Å²) in [7, 11) is -3.51. The zero-order chi connectivity index (χ0) is 18.7. The van der Waals surface area contributed by atoms with Crippen molar-refractivity contribution < 1.29 is 12.6 Å². The Kier molecular flexibility index (Phi) is 9.69. The second-order valence-electron chi connectivity index (χ2n) is 7.58. The first kappa shape index (κ1) is 21.4. The fraction of sp³-hybridized carbons (Fsp3) is 0.727. The molecule has 1 aliphatic carbocycles. The lowest BCUT2D eigenvalue weighted by molar-refractivity contribution is 0.298. The minimum absolute atomic E-state index is 0.331. The molecule has 0 saturated carbocycles. The van der Waals surface area contributed by atoms with Crippen LogP contribution in [0.15, 0.2) is 24.3 Å². The van der Waals surface area contributed by atoms with Gasteiger partial charge in [-0.1, -0.05) is 89.0 Å².